The fraction of sp³-hybridized carbons (Fsp3) is 0.286. The fourth-order valence-electron chi connectivity index (χ4n) is 6.04. The SMILES string of the molecule is CC(C)(C)OC(=O)N[C@@H](Cc1ccccc1)C[C@H](O)[C@H](Cc1ccc(-c2ccccn2)cc1)N(Cc1ccccc1)Cc1ccccc1. The largest absolute Gasteiger partial charge is 0.444 e. The van der Waals surface area contributed by atoms with E-state index in [0.29, 0.717) is 32.4 Å². The topological polar surface area (TPSA) is 74.7 Å². The summed E-state index contributed by atoms with van der Waals surface area (Å²) in [6, 6.07) is 44.6. The number of hydrogen-bond acceptors (Lipinski definition) is 5. The van der Waals surface area contributed by atoms with Crippen molar-refractivity contribution in [1.29, 1.82) is 0 Å². The van der Waals surface area contributed by atoms with Gasteiger partial charge >= 0.3 is 6.09 Å². The van der Waals surface area contributed by atoms with Crippen molar-refractivity contribution in [2.45, 2.75) is 76.9 Å². The molecule has 4 aromatic carbocycles. The van der Waals surface area contributed by atoms with E-state index < -0.39 is 17.8 Å². The molecule has 1 heterocycles. The van der Waals surface area contributed by atoms with Crippen LogP contribution in [0.15, 0.2) is 140 Å². The Labute approximate surface area is 285 Å². The van der Waals surface area contributed by atoms with E-state index in [9.17, 15) is 9.90 Å². The summed E-state index contributed by atoms with van der Waals surface area (Å²) in [4.78, 5) is 19.9. The van der Waals surface area contributed by atoms with Crippen LogP contribution in [0.5, 0.6) is 0 Å². The summed E-state index contributed by atoms with van der Waals surface area (Å²) in [6.07, 6.45) is 2.09. The van der Waals surface area contributed by atoms with Crippen LogP contribution in [0.1, 0.15) is 49.4 Å². The Morgan fingerprint density at radius 1 is 0.708 bits per heavy atom. The molecule has 0 unspecified atom stereocenters. The third-order valence-corrected chi connectivity index (χ3v) is 8.30. The molecule has 0 aliphatic rings. The number of aromatic nitrogens is 1. The second-order valence-corrected chi connectivity index (χ2v) is 13.4. The van der Waals surface area contributed by atoms with Crippen molar-refractivity contribution >= 4 is 6.09 Å². The van der Waals surface area contributed by atoms with Gasteiger partial charge in [-0.05, 0) is 74.4 Å². The van der Waals surface area contributed by atoms with Gasteiger partial charge in [0.2, 0.25) is 0 Å². The third kappa shape index (κ3) is 10.9. The van der Waals surface area contributed by atoms with E-state index in [1.165, 1.54) is 11.1 Å². The lowest BCUT2D eigenvalue weighted by molar-refractivity contribution is 0.0234. The molecule has 1 amide bonds. The maximum atomic E-state index is 13.0. The summed E-state index contributed by atoms with van der Waals surface area (Å²) in [6.45, 7) is 6.88. The highest BCUT2D eigenvalue weighted by Crippen LogP contribution is 2.24. The molecule has 0 aliphatic carbocycles. The van der Waals surface area contributed by atoms with Gasteiger partial charge in [-0.3, -0.25) is 9.88 Å². The number of benzene rings is 4. The van der Waals surface area contributed by atoms with Crippen molar-refractivity contribution < 1.29 is 14.6 Å². The molecule has 48 heavy (non-hydrogen) atoms. The van der Waals surface area contributed by atoms with E-state index in [2.05, 4.69) is 88.0 Å². The number of pyridine rings is 1. The number of alkyl carbamates (subject to hydrolysis) is 1. The summed E-state index contributed by atoms with van der Waals surface area (Å²) < 4.78 is 5.65. The third-order valence-electron chi connectivity index (χ3n) is 8.30. The van der Waals surface area contributed by atoms with Crippen LogP contribution in [0.4, 0.5) is 4.79 Å². The van der Waals surface area contributed by atoms with Crippen molar-refractivity contribution in [3.05, 3.63) is 162 Å². The smallest absolute Gasteiger partial charge is 0.407 e. The fourth-order valence-corrected chi connectivity index (χ4v) is 6.04. The number of rotatable bonds is 14. The summed E-state index contributed by atoms with van der Waals surface area (Å²) in [5.74, 6) is 0. The molecule has 5 aromatic rings. The Bertz CT molecular complexity index is 1620. The van der Waals surface area contributed by atoms with Gasteiger partial charge in [0.05, 0.1) is 11.8 Å². The van der Waals surface area contributed by atoms with Gasteiger partial charge in [-0.1, -0.05) is 121 Å². The Morgan fingerprint density at radius 2 is 1.23 bits per heavy atom. The van der Waals surface area contributed by atoms with Crippen molar-refractivity contribution in [1.82, 2.24) is 15.2 Å². The van der Waals surface area contributed by atoms with E-state index in [4.69, 9.17) is 4.74 Å². The van der Waals surface area contributed by atoms with Crippen LogP contribution in [0, 0.1) is 0 Å². The maximum Gasteiger partial charge on any atom is 0.407 e. The highest BCUT2D eigenvalue weighted by atomic mass is 16.6. The van der Waals surface area contributed by atoms with Gasteiger partial charge in [0.1, 0.15) is 5.60 Å². The van der Waals surface area contributed by atoms with E-state index in [1.807, 2.05) is 81.4 Å². The molecule has 0 spiro atoms. The normalized spacial score (nSPS) is 13.4. The molecule has 0 saturated heterocycles. The summed E-state index contributed by atoms with van der Waals surface area (Å²) >= 11 is 0. The average Bonchev–Trinajstić information content (AvgIpc) is 3.08. The lowest BCUT2D eigenvalue weighted by atomic mass is 9.91. The minimum Gasteiger partial charge on any atom is -0.444 e. The Balaban J connectivity index is 1.46. The standard InChI is InChI=1S/C42H47N3O3/c1-42(2,3)48-41(47)44-37(27-32-15-7-4-8-16-32)29-40(46)39(28-33-22-24-36(25-23-33)38-21-13-14-26-43-38)45(30-34-17-9-5-10-18-34)31-35-19-11-6-12-20-35/h4-26,37,39-40,46H,27-31H2,1-3H3,(H,44,47)/t37-,39-,40-/m0/s1. The van der Waals surface area contributed by atoms with Gasteiger partial charge in [0.25, 0.3) is 0 Å². The number of nitrogens with one attached hydrogen (secondary N) is 1. The lowest BCUT2D eigenvalue weighted by Crippen LogP contribution is -2.49. The Kier molecular flexibility index (Phi) is 12.1. The van der Waals surface area contributed by atoms with Crippen LogP contribution in [0.3, 0.4) is 0 Å². The molecule has 248 valence electrons. The molecule has 3 atom stereocenters. The first-order chi connectivity index (χ1) is 23.2. The van der Waals surface area contributed by atoms with Crippen LogP contribution in [-0.4, -0.2) is 44.9 Å². The average molecular weight is 642 g/mol. The van der Waals surface area contributed by atoms with E-state index >= 15 is 0 Å². The van der Waals surface area contributed by atoms with Gasteiger partial charge in [-0.2, -0.15) is 0 Å². The predicted octanol–water partition coefficient (Wildman–Crippen LogP) is 8.25. The second kappa shape index (κ2) is 16.9. The maximum absolute atomic E-state index is 13.0. The molecule has 1 aromatic heterocycles. The summed E-state index contributed by atoms with van der Waals surface area (Å²) in [5, 5.41) is 15.4. The monoisotopic (exact) mass is 641 g/mol. The molecular formula is C42H47N3O3. The first-order valence-electron chi connectivity index (χ1n) is 16.8. The zero-order valence-corrected chi connectivity index (χ0v) is 28.2. The highest BCUT2D eigenvalue weighted by Gasteiger charge is 2.31. The molecular weight excluding hydrogens is 594 g/mol. The minimum absolute atomic E-state index is 0.259. The highest BCUT2D eigenvalue weighted by molar-refractivity contribution is 5.68. The zero-order valence-electron chi connectivity index (χ0n) is 28.2. The second-order valence-electron chi connectivity index (χ2n) is 13.4. The van der Waals surface area contributed by atoms with Crippen molar-refractivity contribution in [2.75, 3.05) is 0 Å². The molecule has 6 heteroatoms. The van der Waals surface area contributed by atoms with Crippen LogP contribution < -0.4 is 5.32 Å². The minimum atomic E-state index is -0.767. The number of ether oxygens (including phenoxy) is 1. The van der Waals surface area contributed by atoms with Crippen LogP contribution in [0.25, 0.3) is 11.3 Å². The molecule has 6 nitrogen and oxygen atoms in total. The molecule has 0 fully saturated rings. The number of carbonyl (C=O) groups excluding carboxylic acids is 1. The van der Waals surface area contributed by atoms with E-state index in [0.717, 1.165) is 22.4 Å². The first kappa shape index (κ1) is 34.6. The number of amides is 1. The Morgan fingerprint density at radius 3 is 1.75 bits per heavy atom. The van der Waals surface area contributed by atoms with Gasteiger partial charge in [0.15, 0.2) is 0 Å². The van der Waals surface area contributed by atoms with Crippen LogP contribution >= 0.6 is 0 Å². The summed E-state index contributed by atoms with van der Waals surface area (Å²) in [7, 11) is 0. The number of aliphatic hydroxyl groups is 1. The van der Waals surface area contributed by atoms with Gasteiger partial charge < -0.3 is 15.2 Å². The summed E-state index contributed by atoms with van der Waals surface area (Å²) in [5.41, 5.74) is 5.88. The molecule has 0 aliphatic heterocycles. The van der Waals surface area contributed by atoms with E-state index in [-0.39, 0.29) is 12.1 Å². The number of aliphatic hydroxyl groups excluding tert-OH is 1. The van der Waals surface area contributed by atoms with Crippen molar-refractivity contribution in [2.24, 2.45) is 0 Å². The predicted molar refractivity (Wildman–Crippen MR) is 193 cm³/mol. The first-order valence-corrected chi connectivity index (χ1v) is 16.8. The number of carbonyl (C=O) groups is 1. The number of hydrogen-bond donors (Lipinski definition) is 2. The van der Waals surface area contributed by atoms with Crippen LogP contribution in [-0.2, 0) is 30.7 Å². The van der Waals surface area contributed by atoms with Crippen molar-refractivity contribution in [3.63, 3.8) is 0 Å². The van der Waals surface area contributed by atoms with Crippen molar-refractivity contribution in [3.8, 4) is 11.3 Å². The van der Waals surface area contributed by atoms with Gasteiger partial charge in [-0.15, -0.1) is 0 Å². The molecule has 0 radical (unpaired) electrons. The molecule has 5 rings (SSSR count). The van der Waals surface area contributed by atoms with Gasteiger partial charge in [0, 0.05) is 36.9 Å². The molecule has 0 saturated carbocycles. The quantitative estimate of drug-likeness (QED) is 0.128. The van der Waals surface area contributed by atoms with E-state index in [1.54, 1.807) is 6.20 Å². The Hall–Kier alpha value is -4.78. The van der Waals surface area contributed by atoms with Gasteiger partial charge in [-0.25, -0.2) is 4.79 Å². The lowest BCUT2D eigenvalue weighted by Gasteiger charge is -2.37. The van der Waals surface area contributed by atoms with Crippen LogP contribution in [0.2, 0.25) is 0 Å². The molecule has 0 bridgehead atoms. The molecule has 2 N–H and O–H groups in total. The number of nitrogens with zero attached hydrogens (tertiary/aromatic N) is 2. The zero-order chi connectivity index (χ0) is 33.8.